The minimum Gasteiger partial charge on any atom is -0.497 e. The maximum Gasteiger partial charge on any atom is 0.119 e. The summed E-state index contributed by atoms with van der Waals surface area (Å²) in [4.78, 5) is 4.44. The first-order chi connectivity index (χ1) is 17.8. The van der Waals surface area contributed by atoms with Crippen LogP contribution in [0.25, 0.3) is 0 Å². The smallest absolute Gasteiger partial charge is 0.119 e. The Bertz CT molecular complexity index is 1260. The number of nitrogens with zero attached hydrogens (tertiary/aromatic N) is 2. The molecule has 4 heteroatoms. The van der Waals surface area contributed by atoms with Crippen molar-refractivity contribution in [2.24, 2.45) is 0 Å². The number of anilines is 6. The van der Waals surface area contributed by atoms with Crippen molar-refractivity contribution in [3.8, 4) is 5.75 Å². The van der Waals surface area contributed by atoms with Gasteiger partial charge in [0.05, 0.1) is 13.7 Å². The van der Waals surface area contributed by atoms with Crippen LogP contribution in [-0.2, 0) is 6.61 Å². The minimum absolute atomic E-state index is 0.0288. The van der Waals surface area contributed by atoms with Crippen molar-refractivity contribution in [3.63, 3.8) is 0 Å². The molecular weight excluding hydrogens is 444 g/mol. The summed E-state index contributed by atoms with van der Waals surface area (Å²) in [5, 5.41) is 9.48. The van der Waals surface area contributed by atoms with Gasteiger partial charge in [-0.1, -0.05) is 48.5 Å². The number of hydrogen-bond acceptors (Lipinski definition) is 4. The molecule has 36 heavy (non-hydrogen) atoms. The summed E-state index contributed by atoms with van der Waals surface area (Å²) in [5.41, 5.74) is 7.21. The van der Waals surface area contributed by atoms with Crippen LogP contribution in [0, 0.1) is 0 Å². The molecule has 178 valence electrons. The van der Waals surface area contributed by atoms with Gasteiger partial charge in [0.1, 0.15) is 5.75 Å². The molecule has 0 saturated heterocycles. The normalized spacial score (nSPS) is 10.6. The van der Waals surface area contributed by atoms with Crippen molar-refractivity contribution < 1.29 is 9.84 Å². The summed E-state index contributed by atoms with van der Waals surface area (Å²) in [6.07, 6.45) is 0. The van der Waals surface area contributed by atoms with Crippen LogP contribution in [0.5, 0.6) is 5.75 Å². The largest absolute Gasteiger partial charge is 0.497 e. The third kappa shape index (κ3) is 4.95. The lowest BCUT2D eigenvalue weighted by atomic mass is 10.1. The van der Waals surface area contributed by atoms with Crippen LogP contribution < -0.4 is 14.5 Å². The quantitative estimate of drug-likeness (QED) is 0.247. The Labute approximate surface area is 212 Å². The molecule has 0 fully saturated rings. The number of rotatable bonds is 8. The Morgan fingerprint density at radius 3 is 1.17 bits per heavy atom. The first-order valence-corrected chi connectivity index (χ1v) is 11.9. The maximum atomic E-state index is 9.48. The van der Waals surface area contributed by atoms with Crippen LogP contribution in [0.3, 0.4) is 0 Å². The Hall–Kier alpha value is -4.54. The predicted octanol–water partition coefficient (Wildman–Crippen LogP) is 8.13. The zero-order valence-electron chi connectivity index (χ0n) is 20.2. The molecule has 0 amide bonds. The Kier molecular flexibility index (Phi) is 6.97. The molecule has 0 atom stereocenters. The summed E-state index contributed by atoms with van der Waals surface area (Å²) in [6, 6.07) is 45.3. The fraction of sp³-hybridized carbons (Fsp3) is 0.0625. The van der Waals surface area contributed by atoms with Gasteiger partial charge in [-0.15, -0.1) is 0 Å². The van der Waals surface area contributed by atoms with Gasteiger partial charge in [0.2, 0.25) is 0 Å². The van der Waals surface area contributed by atoms with E-state index in [-0.39, 0.29) is 6.61 Å². The fourth-order valence-electron chi connectivity index (χ4n) is 4.28. The van der Waals surface area contributed by atoms with Crippen LogP contribution in [-0.4, -0.2) is 12.2 Å². The van der Waals surface area contributed by atoms with Gasteiger partial charge in [-0.05, 0) is 90.5 Å². The second-order valence-corrected chi connectivity index (χ2v) is 8.38. The molecule has 0 bridgehead atoms. The molecule has 0 aliphatic heterocycles. The number of ether oxygens (including phenoxy) is 1. The number of hydrogen-bond donors (Lipinski definition) is 1. The van der Waals surface area contributed by atoms with Gasteiger partial charge < -0.3 is 19.6 Å². The third-order valence-electron chi connectivity index (χ3n) is 6.10. The molecule has 0 spiro atoms. The minimum atomic E-state index is 0.0288. The molecule has 0 aliphatic rings. The second-order valence-electron chi connectivity index (χ2n) is 8.38. The van der Waals surface area contributed by atoms with Gasteiger partial charge in [0.15, 0.2) is 0 Å². The number of aliphatic hydroxyl groups is 1. The molecule has 5 rings (SSSR count). The predicted molar refractivity (Wildman–Crippen MR) is 148 cm³/mol. The zero-order chi connectivity index (χ0) is 24.7. The number of benzene rings is 5. The molecule has 0 heterocycles. The highest BCUT2D eigenvalue weighted by atomic mass is 16.5. The van der Waals surface area contributed by atoms with E-state index in [1.54, 1.807) is 7.11 Å². The summed E-state index contributed by atoms with van der Waals surface area (Å²) >= 11 is 0. The van der Waals surface area contributed by atoms with Crippen LogP contribution in [0.4, 0.5) is 34.1 Å². The second kappa shape index (κ2) is 10.8. The lowest BCUT2D eigenvalue weighted by Crippen LogP contribution is -2.12. The van der Waals surface area contributed by atoms with Gasteiger partial charge in [-0.3, -0.25) is 0 Å². The lowest BCUT2D eigenvalue weighted by Gasteiger charge is -2.28. The molecule has 1 N–H and O–H groups in total. The molecule has 5 aromatic rings. The summed E-state index contributed by atoms with van der Waals surface area (Å²) < 4.78 is 5.36. The molecule has 0 saturated carbocycles. The van der Waals surface area contributed by atoms with E-state index in [0.29, 0.717) is 0 Å². The standard InChI is InChI=1S/C32H28N2O2/c1-36-32-22-20-31(21-23-32)34(27-10-6-3-7-11-27)30-18-16-29(17-19-30)33(26-8-4-2-5-9-26)28-14-12-25(24-35)13-15-28/h2-23,35H,24H2,1H3. The van der Waals surface area contributed by atoms with E-state index in [1.807, 2.05) is 72.8 Å². The number of para-hydroxylation sites is 2. The van der Waals surface area contributed by atoms with Crippen LogP contribution in [0.2, 0.25) is 0 Å². The number of aliphatic hydroxyl groups excluding tert-OH is 1. The molecule has 5 aromatic carbocycles. The van der Waals surface area contributed by atoms with Gasteiger partial charge in [-0.25, -0.2) is 0 Å². The van der Waals surface area contributed by atoms with E-state index >= 15 is 0 Å². The lowest BCUT2D eigenvalue weighted by molar-refractivity contribution is 0.282. The van der Waals surface area contributed by atoms with Crippen molar-refractivity contribution in [3.05, 3.63) is 139 Å². The van der Waals surface area contributed by atoms with Crippen LogP contribution in [0.15, 0.2) is 133 Å². The van der Waals surface area contributed by atoms with E-state index in [9.17, 15) is 5.11 Å². The fourth-order valence-corrected chi connectivity index (χ4v) is 4.28. The summed E-state index contributed by atoms with van der Waals surface area (Å²) in [5.74, 6) is 0.827. The number of methoxy groups -OCH3 is 1. The Morgan fingerprint density at radius 2 is 0.806 bits per heavy atom. The van der Waals surface area contributed by atoms with Crippen molar-refractivity contribution in [2.75, 3.05) is 16.9 Å². The van der Waals surface area contributed by atoms with E-state index in [4.69, 9.17) is 4.74 Å². The van der Waals surface area contributed by atoms with Crippen molar-refractivity contribution in [2.45, 2.75) is 6.61 Å². The highest BCUT2D eigenvalue weighted by molar-refractivity contribution is 5.81. The molecule has 0 aliphatic carbocycles. The maximum absolute atomic E-state index is 9.48. The molecule has 0 aromatic heterocycles. The van der Waals surface area contributed by atoms with Crippen molar-refractivity contribution in [1.29, 1.82) is 0 Å². The zero-order valence-corrected chi connectivity index (χ0v) is 20.2. The monoisotopic (exact) mass is 472 g/mol. The SMILES string of the molecule is COc1ccc(N(c2ccccc2)c2ccc(N(c3ccccc3)c3ccc(CO)cc3)cc2)cc1. The van der Waals surface area contributed by atoms with Crippen molar-refractivity contribution in [1.82, 2.24) is 0 Å². The molecule has 4 nitrogen and oxygen atoms in total. The Balaban J connectivity index is 1.55. The average molecular weight is 473 g/mol. The molecular formula is C32H28N2O2. The van der Waals surface area contributed by atoms with E-state index < -0.39 is 0 Å². The first-order valence-electron chi connectivity index (χ1n) is 11.9. The molecule has 0 unspecified atom stereocenters. The van der Waals surface area contributed by atoms with Crippen LogP contribution in [0.1, 0.15) is 5.56 Å². The van der Waals surface area contributed by atoms with Gasteiger partial charge in [0, 0.05) is 34.1 Å². The highest BCUT2D eigenvalue weighted by Crippen LogP contribution is 2.39. The van der Waals surface area contributed by atoms with Crippen molar-refractivity contribution >= 4 is 34.1 Å². The topological polar surface area (TPSA) is 35.9 Å². The van der Waals surface area contributed by atoms with Gasteiger partial charge in [0.25, 0.3) is 0 Å². The molecule has 0 radical (unpaired) electrons. The Morgan fingerprint density at radius 1 is 0.472 bits per heavy atom. The van der Waals surface area contributed by atoms with E-state index in [0.717, 1.165) is 45.4 Å². The van der Waals surface area contributed by atoms with E-state index in [2.05, 4.69) is 70.5 Å². The highest BCUT2D eigenvalue weighted by Gasteiger charge is 2.15. The van der Waals surface area contributed by atoms with E-state index in [1.165, 1.54) is 0 Å². The average Bonchev–Trinajstić information content (AvgIpc) is 2.96. The van der Waals surface area contributed by atoms with Gasteiger partial charge in [-0.2, -0.15) is 0 Å². The van der Waals surface area contributed by atoms with Crippen LogP contribution >= 0.6 is 0 Å². The summed E-state index contributed by atoms with van der Waals surface area (Å²) in [6.45, 7) is 0.0288. The third-order valence-corrected chi connectivity index (χ3v) is 6.10. The first kappa shape index (κ1) is 23.2. The summed E-state index contributed by atoms with van der Waals surface area (Å²) in [7, 11) is 1.68. The van der Waals surface area contributed by atoms with Gasteiger partial charge >= 0.3 is 0 Å².